The number of aliphatic carboxylic acids is 2. The molecular weight excluding hydrogens is 271 g/mol. The maximum absolute atomic E-state index is 11.3. The molecule has 0 aromatic rings. The summed E-state index contributed by atoms with van der Waals surface area (Å²) in [5.74, 6) is -2.82. The minimum Gasteiger partial charge on any atom is -1.00 e. The van der Waals surface area contributed by atoms with Gasteiger partial charge in [0.1, 0.15) is 0 Å². The third kappa shape index (κ3) is 6.71. The second kappa shape index (κ2) is 11.3. The summed E-state index contributed by atoms with van der Waals surface area (Å²) in [6.07, 6.45) is 6.36. The van der Waals surface area contributed by atoms with Gasteiger partial charge in [0.05, 0.1) is 0 Å². The number of rotatable bonds is 10. The largest absolute Gasteiger partial charge is 1.00 e. The zero-order chi connectivity index (χ0) is 14.2. The van der Waals surface area contributed by atoms with Gasteiger partial charge in [-0.3, -0.25) is 9.59 Å². The summed E-state index contributed by atoms with van der Waals surface area (Å²) >= 11 is 0. The van der Waals surface area contributed by atoms with Gasteiger partial charge in [-0.1, -0.05) is 59.3 Å². The third-order valence-corrected chi connectivity index (χ3v) is 3.67. The fourth-order valence-corrected chi connectivity index (χ4v) is 2.27. The van der Waals surface area contributed by atoms with E-state index in [1.807, 2.05) is 0 Å². The van der Waals surface area contributed by atoms with Gasteiger partial charge < -0.3 is 11.6 Å². The Morgan fingerprint density at radius 1 is 1.00 bits per heavy atom. The first kappa shape index (κ1) is 21.9. The molecule has 0 unspecified atom stereocenters. The molecule has 0 amide bonds. The minimum atomic E-state index is -1.62. The van der Waals surface area contributed by atoms with E-state index in [4.69, 9.17) is 0 Å². The maximum Gasteiger partial charge on any atom is 1.00 e. The minimum absolute atomic E-state index is 0. The van der Waals surface area contributed by atoms with E-state index >= 15 is 0 Å². The molecule has 0 atom stereocenters. The van der Waals surface area contributed by atoms with Gasteiger partial charge in [-0.25, -0.2) is 0 Å². The fraction of sp³-hybridized carbons (Fsp3) is 0.857. The van der Waals surface area contributed by atoms with E-state index in [0.717, 1.165) is 19.3 Å². The van der Waals surface area contributed by atoms with Crippen LogP contribution in [0.4, 0.5) is 0 Å². The molecule has 2 N–H and O–H groups in total. The summed E-state index contributed by atoms with van der Waals surface area (Å²) in [6, 6.07) is 0. The first-order valence-electron chi connectivity index (χ1n) is 6.86. The van der Waals surface area contributed by atoms with Gasteiger partial charge in [0, 0.05) is 0 Å². The molecule has 0 saturated heterocycles. The summed E-state index contributed by atoms with van der Waals surface area (Å²) < 4.78 is 0. The van der Waals surface area contributed by atoms with Crippen molar-refractivity contribution in [2.45, 2.75) is 65.7 Å². The van der Waals surface area contributed by atoms with Crippen molar-refractivity contribution in [3.63, 3.8) is 0 Å². The molecule has 0 bridgehead atoms. The van der Waals surface area contributed by atoms with Crippen LogP contribution < -0.4 is 51.4 Å². The molecule has 0 radical (unpaired) electrons. The fourth-order valence-electron chi connectivity index (χ4n) is 2.27. The van der Waals surface area contributed by atoms with Crippen LogP contribution in [0.2, 0.25) is 0 Å². The monoisotopic (exact) mass is 298 g/mol. The Kier molecular flexibility index (Phi) is 13.0. The van der Waals surface area contributed by atoms with Crippen LogP contribution in [0.1, 0.15) is 67.1 Å². The van der Waals surface area contributed by atoms with Gasteiger partial charge in [0.25, 0.3) is 0 Å². The molecule has 0 aromatic carbocycles. The summed E-state index contributed by atoms with van der Waals surface area (Å²) in [5, 5.41) is 18.4. The predicted molar refractivity (Wildman–Crippen MR) is 71.6 cm³/mol. The molecule has 0 aromatic heterocycles. The van der Waals surface area contributed by atoms with Crippen LogP contribution in [0.3, 0.4) is 0 Å². The van der Waals surface area contributed by atoms with Gasteiger partial charge >= 0.3 is 63.3 Å². The van der Waals surface area contributed by atoms with Crippen molar-refractivity contribution < 1.29 is 72.6 Å². The summed E-state index contributed by atoms with van der Waals surface area (Å²) in [6.45, 7) is 5.47. The van der Waals surface area contributed by atoms with E-state index in [2.05, 4.69) is 6.92 Å². The number of hydrogen-bond acceptors (Lipinski definition) is 2. The van der Waals surface area contributed by atoms with Crippen LogP contribution >= 0.6 is 0 Å². The molecule has 0 fully saturated rings. The first-order chi connectivity index (χ1) is 8.39. The average molecular weight is 298 g/mol. The van der Waals surface area contributed by atoms with Crippen LogP contribution in [0.25, 0.3) is 0 Å². The maximum atomic E-state index is 11.3. The van der Waals surface area contributed by atoms with E-state index in [-0.39, 0.29) is 59.2 Å². The molecule has 0 aliphatic carbocycles. The zero-order valence-electron chi connectivity index (χ0n) is 13.7. The van der Waals surface area contributed by atoms with Crippen molar-refractivity contribution in [3.8, 4) is 0 Å². The van der Waals surface area contributed by atoms with Gasteiger partial charge in [0.2, 0.25) is 0 Å². The van der Waals surface area contributed by atoms with Crippen LogP contribution in [-0.2, 0) is 9.59 Å². The van der Waals surface area contributed by atoms with Gasteiger partial charge in [-0.2, -0.15) is 0 Å². The zero-order valence-corrected chi connectivity index (χ0v) is 15.9. The SMILES string of the molecule is CCCCCCCCC(C(=O)O)(C(=O)O)C(C)C.[H-].[K+]. The first-order valence-corrected chi connectivity index (χ1v) is 6.86. The summed E-state index contributed by atoms with van der Waals surface area (Å²) in [5.41, 5.74) is -1.62. The number of carboxylic acids is 2. The molecule has 19 heavy (non-hydrogen) atoms. The summed E-state index contributed by atoms with van der Waals surface area (Å²) in [4.78, 5) is 22.6. The van der Waals surface area contributed by atoms with Gasteiger partial charge in [0.15, 0.2) is 5.41 Å². The second-order valence-electron chi connectivity index (χ2n) is 5.25. The van der Waals surface area contributed by atoms with E-state index in [9.17, 15) is 19.8 Å². The van der Waals surface area contributed by atoms with Crippen molar-refractivity contribution in [2.75, 3.05) is 0 Å². The summed E-state index contributed by atoms with van der Waals surface area (Å²) in [7, 11) is 0. The second-order valence-corrected chi connectivity index (χ2v) is 5.25. The van der Waals surface area contributed by atoms with Gasteiger partial charge in [-0.15, -0.1) is 0 Å². The van der Waals surface area contributed by atoms with Crippen LogP contribution in [0, 0.1) is 11.3 Å². The number of carboxylic acid groups (broad SMARTS) is 2. The Bertz CT molecular complexity index is 268. The molecule has 5 heteroatoms. The number of unbranched alkanes of at least 4 members (excludes halogenated alkanes) is 5. The number of hydrogen-bond donors (Lipinski definition) is 2. The molecule has 0 heterocycles. The van der Waals surface area contributed by atoms with E-state index in [0.29, 0.717) is 6.42 Å². The molecule has 0 rings (SSSR count). The number of carbonyl (C=O) groups is 2. The molecule has 0 aliphatic rings. The Balaban J connectivity index is -0.00000144. The Morgan fingerprint density at radius 3 is 1.79 bits per heavy atom. The average Bonchev–Trinajstić information content (AvgIpc) is 2.26. The van der Waals surface area contributed by atoms with E-state index in [1.165, 1.54) is 12.8 Å². The Morgan fingerprint density at radius 2 is 1.42 bits per heavy atom. The van der Waals surface area contributed by atoms with Crippen LogP contribution in [-0.4, -0.2) is 22.2 Å². The molecule has 108 valence electrons. The van der Waals surface area contributed by atoms with E-state index < -0.39 is 23.3 Å². The molecule has 0 spiro atoms. The molecule has 0 saturated carbocycles. The van der Waals surface area contributed by atoms with E-state index in [1.54, 1.807) is 13.8 Å². The normalized spacial score (nSPS) is 11.2. The standard InChI is InChI=1S/C14H26O4.K.H/c1-4-5-6-7-8-9-10-14(11(2)3,12(15)16)13(17)18;;/h11H,4-10H2,1-3H3,(H,15,16)(H,17,18);;/q;+1;-1. The van der Waals surface area contributed by atoms with Crippen LogP contribution in [0.5, 0.6) is 0 Å². The molecular formula is C14H27KO4. The van der Waals surface area contributed by atoms with Crippen LogP contribution in [0.15, 0.2) is 0 Å². The predicted octanol–water partition coefficient (Wildman–Crippen LogP) is 0.665. The Labute approximate surface area is 160 Å². The van der Waals surface area contributed by atoms with Crippen molar-refractivity contribution in [1.82, 2.24) is 0 Å². The molecule has 0 aliphatic heterocycles. The molecule has 4 nitrogen and oxygen atoms in total. The quantitative estimate of drug-likeness (QED) is 0.353. The van der Waals surface area contributed by atoms with Crippen molar-refractivity contribution in [1.29, 1.82) is 0 Å². The van der Waals surface area contributed by atoms with Crippen molar-refractivity contribution in [3.05, 3.63) is 0 Å². The topological polar surface area (TPSA) is 74.6 Å². The van der Waals surface area contributed by atoms with Crippen molar-refractivity contribution in [2.24, 2.45) is 11.3 Å². The van der Waals surface area contributed by atoms with Gasteiger partial charge in [-0.05, 0) is 12.3 Å². The smallest absolute Gasteiger partial charge is 1.00 e. The van der Waals surface area contributed by atoms with Crippen molar-refractivity contribution >= 4 is 11.9 Å². The third-order valence-electron chi connectivity index (χ3n) is 3.67. The Hall–Kier alpha value is 0.576.